The van der Waals surface area contributed by atoms with Gasteiger partial charge in [0.25, 0.3) is 0 Å². The van der Waals surface area contributed by atoms with Gasteiger partial charge in [-0.05, 0) is 19.8 Å². The van der Waals surface area contributed by atoms with Crippen LogP contribution in [0.4, 0.5) is 4.79 Å². The number of nitrogens with zero attached hydrogens (tertiary/aromatic N) is 1. The van der Waals surface area contributed by atoms with Gasteiger partial charge in [-0.15, -0.1) is 0 Å². The Balaban J connectivity index is 4.23. The monoisotopic (exact) mass is 231 g/mol. The van der Waals surface area contributed by atoms with E-state index in [1.807, 2.05) is 27.7 Å². The maximum atomic E-state index is 11.7. The minimum atomic E-state index is -0.559. The summed E-state index contributed by atoms with van der Waals surface area (Å²) < 4.78 is 9.51. The van der Waals surface area contributed by atoms with Gasteiger partial charge in [0, 0.05) is 7.05 Å². The molecule has 0 fully saturated rings. The van der Waals surface area contributed by atoms with E-state index in [0.29, 0.717) is 0 Å². The molecule has 0 atom stereocenters. The molecule has 0 saturated heterocycles. The van der Waals surface area contributed by atoms with Gasteiger partial charge < -0.3 is 9.47 Å². The van der Waals surface area contributed by atoms with Gasteiger partial charge in [-0.25, -0.2) is 4.79 Å². The van der Waals surface area contributed by atoms with Crippen LogP contribution in [0.5, 0.6) is 0 Å². The molecule has 94 valence electrons. The lowest BCUT2D eigenvalue weighted by Crippen LogP contribution is -2.36. The van der Waals surface area contributed by atoms with E-state index in [9.17, 15) is 9.59 Å². The second-order valence-electron chi connectivity index (χ2n) is 4.61. The third-order valence-corrected chi connectivity index (χ3v) is 2.85. The molecule has 0 heterocycles. The smallest absolute Gasteiger partial charge is 0.411 e. The molecule has 0 bridgehead atoms. The van der Waals surface area contributed by atoms with Gasteiger partial charge in [0.2, 0.25) is 0 Å². The summed E-state index contributed by atoms with van der Waals surface area (Å²) in [6, 6.07) is 0. The standard InChI is InChI=1S/C11H21NO4/c1-8(2)11(3,4)9(13)16-7-12(5)10(14)15-6/h8H,7H2,1-6H3. The summed E-state index contributed by atoms with van der Waals surface area (Å²) in [5.74, 6) is -0.151. The molecule has 5 heteroatoms. The Morgan fingerprint density at radius 3 is 2.19 bits per heavy atom. The topological polar surface area (TPSA) is 55.8 Å². The van der Waals surface area contributed by atoms with E-state index >= 15 is 0 Å². The molecular weight excluding hydrogens is 210 g/mol. The third kappa shape index (κ3) is 3.72. The highest BCUT2D eigenvalue weighted by molar-refractivity contribution is 5.76. The molecule has 0 aliphatic carbocycles. The van der Waals surface area contributed by atoms with Crippen molar-refractivity contribution in [3.63, 3.8) is 0 Å². The number of carbonyl (C=O) groups excluding carboxylic acids is 2. The fraction of sp³-hybridized carbons (Fsp3) is 0.818. The lowest BCUT2D eigenvalue weighted by molar-refractivity contribution is -0.160. The molecule has 0 aliphatic heterocycles. The van der Waals surface area contributed by atoms with Crippen molar-refractivity contribution in [1.82, 2.24) is 4.90 Å². The van der Waals surface area contributed by atoms with Crippen LogP contribution in [-0.2, 0) is 14.3 Å². The molecule has 0 unspecified atom stereocenters. The summed E-state index contributed by atoms with van der Waals surface area (Å²) in [5.41, 5.74) is -0.559. The highest BCUT2D eigenvalue weighted by Gasteiger charge is 2.33. The third-order valence-electron chi connectivity index (χ3n) is 2.85. The number of ether oxygens (including phenoxy) is 2. The number of carbonyl (C=O) groups is 2. The number of hydrogen-bond donors (Lipinski definition) is 0. The van der Waals surface area contributed by atoms with Crippen molar-refractivity contribution in [1.29, 1.82) is 0 Å². The van der Waals surface area contributed by atoms with Gasteiger partial charge in [0.15, 0.2) is 6.73 Å². The van der Waals surface area contributed by atoms with E-state index in [-0.39, 0.29) is 18.6 Å². The van der Waals surface area contributed by atoms with Crippen LogP contribution in [0.2, 0.25) is 0 Å². The normalized spacial score (nSPS) is 11.2. The lowest BCUT2D eigenvalue weighted by Gasteiger charge is -2.27. The van der Waals surface area contributed by atoms with Gasteiger partial charge >= 0.3 is 12.1 Å². The molecule has 16 heavy (non-hydrogen) atoms. The predicted molar refractivity (Wildman–Crippen MR) is 59.7 cm³/mol. The van der Waals surface area contributed by atoms with Gasteiger partial charge in [-0.3, -0.25) is 9.69 Å². The van der Waals surface area contributed by atoms with Crippen LogP contribution in [0, 0.1) is 11.3 Å². The Morgan fingerprint density at radius 1 is 1.31 bits per heavy atom. The zero-order valence-corrected chi connectivity index (χ0v) is 10.9. The van der Waals surface area contributed by atoms with E-state index in [1.165, 1.54) is 19.1 Å². The molecule has 0 N–H and O–H groups in total. The molecule has 0 aromatic heterocycles. The van der Waals surface area contributed by atoms with Crippen molar-refractivity contribution in [3.05, 3.63) is 0 Å². The molecule has 1 amide bonds. The predicted octanol–water partition coefficient (Wildman–Crippen LogP) is 1.87. The first-order valence-corrected chi connectivity index (χ1v) is 5.19. The van der Waals surface area contributed by atoms with Gasteiger partial charge in [0.05, 0.1) is 12.5 Å². The van der Waals surface area contributed by atoms with Crippen LogP contribution < -0.4 is 0 Å². The minimum Gasteiger partial charge on any atom is -0.453 e. The van der Waals surface area contributed by atoms with Crippen molar-refractivity contribution in [3.8, 4) is 0 Å². The fourth-order valence-corrected chi connectivity index (χ4v) is 0.786. The maximum absolute atomic E-state index is 11.7. The molecule has 0 radical (unpaired) electrons. The maximum Gasteiger partial charge on any atom is 0.411 e. The molecular formula is C11H21NO4. The fourth-order valence-electron chi connectivity index (χ4n) is 0.786. The highest BCUT2D eigenvalue weighted by Crippen LogP contribution is 2.27. The number of methoxy groups -OCH3 is 1. The van der Waals surface area contributed by atoms with Gasteiger partial charge in [-0.1, -0.05) is 13.8 Å². The first-order chi connectivity index (χ1) is 7.23. The summed E-state index contributed by atoms with van der Waals surface area (Å²) >= 11 is 0. The Morgan fingerprint density at radius 2 is 1.81 bits per heavy atom. The Kier molecular flexibility index (Phi) is 5.27. The van der Waals surface area contributed by atoms with E-state index < -0.39 is 11.5 Å². The number of esters is 1. The zero-order chi connectivity index (χ0) is 12.9. The molecule has 0 rings (SSSR count). The number of rotatable bonds is 4. The lowest BCUT2D eigenvalue weighted by atomic mass is 9.81. The van der Waals surface area contributed by atoms with Gasteiger partial charge in [0.1, 0.15) is 0 Å². The van der Waals surface area contributed by atoms with Crippen molar-refractivity contribution in [2.24, 2.45) is 11.3 Å². The summed E-state index contributed by atoms with van der Waals surface area (Å²) in [6.45, 7) is 7.44. The van der Waals surface area contributed by atoms with Crippen molar-refractivity contribution >= 4 is 12.1 Å². The zero-order valence-electron chi connectivity index (χ0n) is 10.9. The van der Waals surface area contributed by atoms with E-state index in [4.69, 9.17) is 4.74 Å². The van der Waals surface area contributed by atoms with E-state index in [1.54, 1.807) is 0 Å². The van der Waals surface area contributed by atoms with Crippen molar-refractivity contribution < 1.29 is 19.1 Å². The first kappa shape index (κ1) is 14.7. The van der Waals surface area contributed by atoms with E-state index in [2.05, 4.69) is 4.74 Å². The first-order valence-electron chi connectivity index (χ1n) is 5.19. The summed E-state index contributed by atoms with van der Waals surface area (Å²) in [6.07, 6.45) is -0.532. The number of amides is 1. The quantitative estimate of drug-likeness (QED) is 0.547. The summed E-state index contributed by atoms with van der Waals surface area (Å²) in [4.78, 5) is 23.9. The summed E-state index contributed by atoms with van der Waals surface area (Å²) in [7, 11) is 2.78. The molecule has 0 aromatic carbocycles. The van der Waals surface area contributed by atoms with E-state index in [0.717, 1.165) is 0 Å². The Hall–Kier alpha value is -1.26. The van der Waals surface area contributed by atoms with Crippen LogP contribution in [0.1, 0.15) is 27.7 Å². The van der Waals surface area contributed by atoms with Crippen LogP contribution in [-0.4, -0.2) is 37.9 Å². The average Bonchev–Trinajstić information content (AvgIpc) is 2.23. The molecule has 0 aliphatic rings. The van der Waals surface area contributed by atoms with Crippen LogP contribution in [0.15, 0.2) is 0 Å². The second-order valence-corrected chi connectivity index (χ2v) is 4.61. The van der Waals surface area contributed by atoms with Crippen LogP contribution in [0.25, 0.3) is 0 Å². The Labute approximate surface area is 96.7 Å². The van der Waals surface area contributed by atoms with Crippen LogP contribution in [0.3, 0.4) is 0 Å². The van der Waals surface area contributed by atoms with Crippen molar-refractivity contribution in [2.75, 3.05) is 20.9 Å². The molecule has 0 saturated carbocycles. The SMILES string of the molecule is COC(=O)N(C)COC(=O)C(C)(C)C(C)C. The molecule has 0 aromatic rings. The molecule has 0 spiro atoms. The average molecular weight is 231 g/mol. The number of hydrogen-bond acceptors (Lipinski definition) is 4. The highest BCUT2D eigenvalue weighted by atomic mass is 16.6. The van der Waals surface area contributed by atoms with Crippen molar-refractivity contribution in [2.45, 2.75) is 27.7 Å². The second kappa shape index (κ2) is 5.72. The molecule has 5 nitrogen and oxygen atoms in total. The minimum absolute atomic E-state index is 0.0956. The Bertz CT molecular complexity index is 261. The van der Waals surface area contributed by atoms with Crippen LogP contribution >= 0.6 is 0 Å². The largest absolute Gasteiger partial charge is 0.453 e. The van der Waals surface area contributed by atoms with Gasteiger partial charge in [-0.2, -0.15) is 0 Å². The summed E-state index contributed by atoms with van der Waals surface area (Å²) in [5, 5.41) is 0.